The molecule has 0 unspecified atom stereocenters. The van der Waals surface area contributed by atoms with Gasteiger partial charge in [0.15, 0.2) is 0 Å². The number of aromatic hydroxyl groups is 1. The van der Waals surface area contributed by atoms with E-state index in [9.17, 15) is 10.4 Å². The summed E-state index contributed by atoms with van der Waals surface area (Å²) in [5.74, 6) is 1.35. The summed E-state index contributed by atoms with van der Waals surface area (Å²) in [6, 6.07) is 7.30. The molecule has 1 aliphatic heterocycles. The zero-order chi connectivity index (χ0) is 14.1. The summed E-state index contributed by atoms with van der Waals surface area (Å²) in [6.07, 6.45) is 5.90. The molecule has 1 aliphatic carbocycles. The minimum Gasteiger partial charge on any atom is -0.508 e. The van der Waals surface area contributed by atoms with E-state index in [1.54, 1.807) is 12.1 Å². The third-order valence-electron chi connectivity index (χ3n) is 4.37. The van der Waals surface area contributed by atoms with Gasteiger partial charge in [-0.15, -0.1) is 0 Å². The fourth-order valence-corrected chi connectivity index (χ4v) is 3.43. The molecular formula is C16H18N2O2. The molecule has 0 saturated heterocycles. The van der Waals surface area contributed by atoms with Crippen molar-refractivity contribution in [3.05, 3.63) is 35.2 Å². The third-order valence-corrected chi connectivity index (χ3v) is 4.37. The van der Waals surface area contributed by atoms with Crippen molar-refractivity contribution in [2.24, 2.45) is 11.7 Å². The number of nitriles is 1. The summed E-state index contributed by atoms with van der Waals surface area (Å²) in [7, 11) is 0. The van der Waals surface area contributed by atoms with Crippen LogP contribution >= 0.6 is 0 Å². The van der Waals surface area contributed by atoms with Crippen molar-refractivity contribution in [2.75, 3.05) is 0 Å². The fourth-order valence-electron chi connectivity index (χ4n) is 3.43. The van der Waals surface area contributed by atoms with Crippen molar-refractivity contribution in [1.29, 1.82) is 5.26 Å². The lowest BCUT2D eigenvalue weighted by Crippen LogP contribution is -2.26. The van der Waals surface area contributed by atoms with Gasteiger partial charge >= 0.3 is 0 Å². The van der Waals surface area contributed by atoms with Crippen molar-refractivity contribution in [3.63, 3.8) is 0 Å². The molecule has 1 atom stereocenters. The first-order valence-corrected chi connectivity index (χ1v) is 7.11. The minimum absolute atomic E-state index is 0.00431. The van der Waals surface area contributed by atoms with Crippen LogP contribution in [0.1, 0.15) is 43.6 Å². The molecule has 104 valence electrons. The van der Waals surface area contributed by atoms with Crippen LogP contribution < -0.4 is 10.5 Å². The first kappa shape index (κ1) is 12.9. The molecule has 4 heteroatoms. The number of phenolic OH excluding ortho intramolecular Hbond substituents is 1. The maximum absolute atomic E-state index is 9.59. The lowest BCUT2D eigenvalue weighted by Gasteiger charge is -2.34. The minimum atomic E-state index is 0.00431. The second kappa shape index (κ2) is 5.09. The molecule has 1 fully saturated rings. The van der Waals surface area contributed by atoms with E-state index in [4.69, 9.17) is 10.5 Å². The molecule has 0 amide bonds. The number of ether oxygens (including phenoxy) is 1. The van der Waals surface area contributed by atoms with E-state index in [1.807, 2.05) is 6.07 Å². The third kappa shape index (κ3) is 2.09. The molecule has 4 nitrogen and oxygen atoms in total. The maximum atomic E-state index is 9.59. The topological polar surface area (TPSA) is 79.3 Å². The summed E-state index contributed by atoms with van der Waals surface area (Å²) < 4.78 is 5.51. The summed E-state index contributed by atoms with van der Waals surface area (Å²) in [4.78, 5) is 0. The zero-order valence-corrected chi connectivity index (χ0v) is 11.3. The van der Waals surface area contributed by atoms with Crippen LogP contribution in [0.4, 0.5) is 0 Å². The summed E-state index contributed by atoms with van der Waals surface area (Å²) in [5, 5.41) is 19.0. The Morgan fingerprint density at radius 2 is 2.00 bits per heavy atom. The van der Waals surface area contributed by atoms with E-state index in [0.29, 0.717) is 17.2 Å². The smallest absolute Gasteiger partial charge is 0.205 e. The van der Waals surface area contributed by atoms with Crippen LogP contribution in [0.3, 0.4) is 0 Å². The standard InChI is InChI=1S/C16H18N2O2/c17-9-13-15(10-4-2-1-3-5-10)12-7-6-11(19)8-14(12)20-16(13)18/h6-8,10,15,19H,1-5,18H2/t15-/m0/s1. The van der Waals surface area contributed by atoms with E-state index >= 15 is 0 Å². The Morgan fingerprint density at radius 1 is 1.25 bits per heavy atom. The van der Waals surface area contributed by atoms with E-state index in [0.717, 1.165) is 18.4 Å². The van der Waals surface area contributed by atoms with Gasteiger partial charge in [-0.25, -0.2) is 0 Å². The molecule has 1 saturated carbocycles. The monoisotopic (exact) mass is 270 g/mol. The van der Waals surface area contributed by atoms with Crippen molar-refractivity contribution in [3.8, 4) is 17.6 Å². The molecule has 0 radical (unpaired) electrons. The van der Waals surface area contributed by atoms with E-state index < -0.39 is 0 Å². The number of hydrogen-bond donors (Lipinski definition) is 2. The fraction of sp³-hybridized carbons (Fsp3) is 0.438. The van der Waals surface area contributed by atoms with Gasteiger partial charge in [0.2, 0.25) is 5.88 Å². The summed E-state index contributed by atoms with van der Waals surface area (Å²) >= 11 is 0. The van der Waals surface area contributed by atoms with Gasteiger partial charge in [0.1, 0.15) is 17.6 Å². The first-order chi connectivity index (χ1) is 9.70. The average molecular weight is 270 g/mol. The Hall–Kier alpha value is -2.15. The number of phenols is 1. The van der Waals surface area contributed by atoms with Crippen LogP contribution in [-0.4, -0.2) is 5.11 Å². The summed E-state index contributed by atoms with van der Waals surface area (Å²) in [5.41, 5.74) is 7.41. The molecule has 3 N–H and O–H groups in total. The molecule has 20 heavy (non-hydrogen) atoms. The van der Waals surface area contributed by atoms with Crippen LogP contribution in [0.2, 0.25) is 0 Å². The molecule has 1 heterocycles. The van der Waals surface area contributed by atoms with Crippen molar-refractivity contribution in [1.82, 2.24) is 0 Å². The average Bonchev–Trinajstić information content (AvgIpc) is 2.46. The van der Waals surface area contributed by atoms with E-state index in [-0.39, 0.29) is 17.6 Å². The number of nitrogens with zero attached hydrogens (tertiary/aromatic N) is 1. The van der Waals surface area contributed by atoms with Gasteiger partial charge in [0.05, 0.1) is 5.57 Å². The molecule has 0 spiro atoms. The van der Waals surface area contributed by atoms with Crippen molar-refractivity contribution >= 4 is 0 Å². The lowest BCUT2D eigenvalue weighted by molar-refractivity contribution is 0.298. The number of allylic oxidation sites excluding steroid dienone is 1. The SMILES string of the molecule is N#CC1=C(N)Oc2cc(O)ccc2[C@@H]1C1CCCCC1. The Balaban J connectivity index is 2.07. The molecule has 0 aromatic heterocycles. The van der Waals surface area contributed by atoms with Gasteiger partial charge < -0.3 is 15.6 Å². The lowest BCUT2D eigenvalue weighted by atomic mass is 9.72. The van der Waals surface area contributed by atoms with Crippen LogP contribution in [0.5, 0.6) is 11.5 Å². The van der Waals surface area contributed by atoms with Crippen LogP contribution in [-0.2, 0) is 0 Å². The molecule has 1 aromatic carbocycles. The Labute approximate surface area is 118 Å². The second-order valence-corrected chi connectivity index (χ2v) is 5.59. The number of hydrogen-bond acceptors (Lipinski definition) is 4. The normalized spacial score (nSPS) is 22.9. The Morgan fingerprint density at radius 3 is 2.70 bits per heavy atom. The van der Waals surface area contributed by atoms with Crippen LogP contribution in [0.15, 0.2) is 29.7 Å². The molecule has 0 bridgehead atoms. The summed E-state index contributed by atoms with van der Waals surface area (Å²) in [6.45, 7) is 0. The molecule has 3 rings (SSSR count). The highest BCUT2D eigenvalue weighted by molar-refractivity contribution is 5.52. The van der Waals surface area contributed by atoms with Crippen LogP contribution in [0, 0.1) is 17.2 Å². The number of fused-ring (bicyclic) bond motifs is 1. The molecular weight excluding hydrogens is 252 g/mol. The van der Waals surface area contributed by atoms with Gasteiger partial charge in [-0.3, -0.25) is 0 Å². The molecule has 2 aliphatic rings. The quantitative estimate of drug-likeness (QED) is 0.821. The predicted molar refractivity (Wildman–Crippen MR) is 74.9 cm³/mol. The van der Waals surface area contributed by atoms with Gasteiger partial charge in [-0.05, 0) is 24.8 Å². The highest BCUT2D eigenvalue weighted by Gasteiger charge is 2.35. The Bertz CT molecular complexity index is 595. The first-order valence-electron chi connectivity index (χ1n) is 7.11. The van der Waals surface area contributed by atoms with Gasteiger partial charge in [0, 0.05) is 17.5 Å². The van der Waals surface area contributed by atoms with Crippen molar-refractivity contribution < 1.29 is 9.84 Å². The van der Waals surface area contributed by atoms with Gasteiger partial charge in [-0.1, -0.05) is 25.3 Å². The maximum Gasteiger partial charge on any atom is 0.205 e. The van der Waals surface area contributed by atoms with E-state index in [2.05, 4.69) is 6.07 Å². The van der Waals surface area contributed by atoms with Gasteiger partial charge in [0.25, 0.3) is 0 Å². The van der Waals surface area contributed by atoms with Gasteiger partial charge in [-0.2, -0.15) is 5.26 Å². The predicted octanol–water partition coefficient (Wildman–Crippen LogP) is 3.14. The Kier molecular flexibility index (Phi) is 3.27. The van der Waals surface area contributed by atoms with Crippen LogP contribution in [0.25, 0.3) is 0 Å². The largest absolute Gasteiger partial charge is 0.508 e. The van der Waals surface area contributed by atoms with E-state index in [1.165, 1.54) is 19.3 Å². The highest BCUT2D eigenvalue weighted by atomic mass is 16.5. The van der Waals surface area contributed by atoms with Crippen molar-refractivity contribution in [2.45, 2.75) is 38.0 Å². The zero-order valence-electron chi connectivity index (χ0n) is 11.3. The second-order valence-electron chi connectivity index (χ2n) is 5.59. The number of benzene rings is 1. The molecule has 1 aromatic rings. The number of nitrogens with two attached hydrogens (primary N) is 1. The highest BCUT2D eigenvalue weighted by Crippen LogP contribution is 2.47. The number of rotatable bonds is 1.